The molecule has 0 fully saturated rings. The van der Waals surface area contributed by atoms with Crippen molar-refractivity contribution in [2.45, 2.75) is 13.5 Å². The molecule has 1 N–H and O–H groups in total. The molecule has 16 heavy (non-hydrogen) atoms. The normalized spacial score (nSPS) is 13.1. The lowest BCUT2D eigenvalue weighted by molar-refractivity contribution is 0.178. The van der Waals surface area contributed by atoms with E-state index in [1.807, 2.05) is 0 Å². The monoisotopic (exact) mass is 222 g/mol. The Morgan fingerprint density at radius 1 is 1.62 bits per heavy atom. The maximum atomic E-state index is 11.8. The van der Waals surface area contributed by atoms with Crippen LogP contribution in [0.4, 0.5) is 0 Å². The molecule has 0 spiro atoms. The van der Waals surface area contributed by atoms with Crippen molar-refractivity contribution in [1.82, 2.24) is 19.6 Å². The van der Waals surface area contributed by atoms with Crippen molar-refractivity contribution >= 4 is 11.5 Å². The predicted molar refractivity (Wildman–Crippen MR) is 54.7 cm³/mol. The van der Waals surface area contributed by atoms with E-state index in [4.69, 9.17) is 4.74 Å². The van der Waals surface area contributed by atoms with Crippen molar-refractivity contribution in [2.75, 3.05) is 7.11 Å². The zero-order valence-corrected chi connectivity index (χ0v) is 8.84. The van der Waals surface area contributed by atoms with Crippen LogP contribution in [0.3, 0.4) is 0 Å². The fourth-order valence-electron chi connectivity index (χ4n) is 1.30. The maximum absolute atomic E-state index is 11.8. The van der Waals surface area contributed by atoms with Gasteiger partial charge in [0.2, 0.25) is 0 Å². The van der Waals surface area contributed by atoms with Crippen molar-refractivity contribution in [3.8, 4) is 0 Å². The number of hydrogen-bond donors (Lipinski definition) is 1. The molecule has 7 nitrogen and oxygen atoms in total. The van der Waals surface area contributed by atoms with Gasteiger partial charge in [-0.15, -0.1) is 5.10 Å². The molecule has 7 heteroatoms. The first-order valence-corrected chi connectivity index (χ1v) is 4.57. The first-order valence-electron chi connectivity index (χ1n) is 4.57. The average molecular weight is 222 g/mol. The number of fused-ring (bicyclic) bond motifs is 1. The highest BCUT2D eigenvalue weighted by atomic mass is 16.5. The average Bonchev–Trinajstić information content (AvgIpc) is 2.62. The van der Waals surface area contributed by atoms with E-state index in [1.54, 1.807) is 0 Å². The summed E-state index contributed by atoms with van der Waals surface area (Å²) in [5.41, 5.74) is -0.445. The fraction of sp³-hybridized carbons (Fsp3) is 0.333. The van der Waals surface area contributed by atoms with E-state index in [1.165, 1.54) is 20.2 Å². The molecule has 0 atom stereocenters. The van der Waals surface area contributed by atoms with Gasteiger partial charge in [0.15, 0.2) is 5.82 Å². The highest BCUT2D eigenvalue weighted by molar-refractivity contribution is 5.32. The topological polar surface area (TPSA) is 89.6 Å². The summed E-state index contributed by atoms with van der Waals surface area (Å²) >= 11 is 0. The largest absolute Gasteiger partial charge is 0.512 e. The maximum Gasteiger partial charge on any atom is 0.286 e. The minimum absolute atomic E-state index is 0.0943. The van der Waals surface area contributed by atoms with E-state index in [9.17, 15) is 9.90 Å². The van der Waals surface area contributed by atoms with E-state index < -0.39 is 5.56 Å². The van der Waals surface area contributed by atoms with Gasteiger partial charge in [-0.2, -0.15) is 9.50 Å². The third-order valence-electron chi connectivity index (χ3n) is 2.03. The van der Waals surface area contributed by atoms with Crippen LogP contribution in [0.2, 0.25) is 0 Å². The van der Waals surface area contributed by atoms with Gasteiger partial charge in [-0.1, -0.05) is 0 Å². The molecule has 0 aliphatic rings. The predicted octanol–water partition coefficient (Wildman–Crippen LogP) is -0.964. The van der Waals surface area contributed by atoms with Crippen LogP contribution >= 0.6 is 0 Å². The molecule has 0 aliphatic heterocycles. The van der Waals surface area contributed by atoms with Gasteiger partial charge < -0.3 is 9.84 Å². The van der Waals surface area contributed by atoms with Gasteiger partial charge in [0.25, 0.3) is 11.3 Å². The first kappa shape index (κ1) is 10.5. The molecule has 0 saturated carbocycles. The lowest BCUT2D eigenvalue weighted by atomic mass is 10.4. The summed E-state index contributed by atoms with van der Waals surface area (Å²) in [5, 5.41) is 13.3. The summed E-state index contributed by atoms with van der Waals surface area (Å²) in [4.78, 5) is 19.7. The second kappa shape index (κ2) is 3.86. The van der Waals surface area contributed by atoms with Crippen LogP contribution in [0.15, 0.2) is 11.0 Å². The molecule has 84 valence electrons. The Morgan fingerprint density at radius 2 is 2.38 bits per heavy atom. The van der Waals surface area contributed by atoms with Crippen molar-refractivity contribution in [3.05, 3.63) is 27.6 Å². The minimum Gasteiger partial charge on any atom is -0.512 e. The van der Waals surface area contributed by atoms with Gasteiger partial charge in [-0.05, 0) is 6.92 Å². The number of hydrogen-bond acceptors (Lipinski definition) is 6. The van der Waals surface area contributed by atoms with Gasteiger partial charge in [-0.25, -0.2) is 4.98 Å². The lowest BCUT2D eigenvalue weighted by Crippen LogP contribution is -2.33. The lowest BCUT2D eigenvalue weighted by Gasteiger charge is -1.90. The summed E-state index contributed by atoms with van der Waals surface area (Å²) in [7, 11) is 1.51. The quantitative estimate of drug-likeness (QED) is 0.703. The van der Waals surface area contributed by atoms with E-state index in [0.29, 0.717) is 5.82 Å². The Hall–Kier alpha value is -2.02. The molecule has 0 radical (unpaired) electrons. The number of methoxy groups -OCH3 is 1. The number of rotatable bonds is 2. The molecule has 0 aromatic carbocycles. The standard InChI is InChI=1S/C9H10N4O3/c1-5(14)6-3-10-9-11-7(4-16-2)12-13(9)8(6)15/h3,14H,4H2,1-2H3/b6-5+. The molecule has 2 heterocycles. The number of aliphatic hydroxyl groups is 1. The molecule has 0 aliphatic carbocycles. The zero-order valence-electron chi connectivity index (χ0n) is 8.84. The molecule has 2 aromatic heterocycles. The Bertz CT molecular complexity index is 630. The van der Waals surface area contributed by atoms with Crippen LogP contribution in [0.25, 0.3) is 11.5 Å². The van der Waals surface area contributed by atoms with E-state index in [0.717, 1.165) is 4.52 Å². The molecule has 0 unspecified atom stereocenters. The summed E-state index contributed by atoms with van der Waals surface area (Å²) in [6, 6.07) is 0. The molecule has 2 aromatic rings. The second-order valence-corrected chi connectivity index (χ2v) is 3.24. The summed E-state index contributed by atoms with van der Waals surface area (Å²) in [5.74, 6) is 0.477. The number of aliphatic hydroxyl groups excluding tert-OH is 1. The van der Waals surface area contributed by atoms with Gasteiger partial charge >= 0.3 is 0 Å². The van der Waals surface area contributed by atoms with Crippen LogP contribution in [0.5, 0.6) is 0 Å². The van der Waals surface area contributed by atoms with E-state index in [-0.39, 0.29) is 23.4 Å². The molecule has 0 bridgehead atoms. The molecule has 2 rings (SSSR count). The highest BCUT2D eigenvalue weighted by Gasteiger charge is 2.08. The van der Waals surface area contributed by atoms with Crippen LogP contribution in [0.1, 0.15) is 12.7 Å². The highest BCUT2D eigenvalue weighted by Crippen LogP contribution is 1.94. The molecule has 0 saturated heterocycles. The number of aromatic nitrogens is 4. The third kappa shape index (κ3) is 1.61. The van der Waals surface area contributed by atoms with Crippen LogP contribution < -0.4 is 10.8 Å². The van der Waals surface area contributed by atoms with Crippen molar-refractivity contribution < 1.29 is 9.84 Å². The van der Waals surface area contributed by atoms with Crippen LogP contribution in [-0.4, -0.2) is 31.8 Å². The summed E-state index contributed by atoms with van der Waals surface area (Å²) < 4.78 is 5.90. The molecular weight excluding hydrogens is 212 g/mol. The van der Waals surface area contributed by atoms with Gasteiger partial charge in [0.1, 0.15) is 12.4 Å². The smallest absolute Gasteiger partial charge is 0.286 e. The van der Waals surface area contributed by atoms with Crippen molar-refractivity contribution in [3.63, 3.8) is 0 Å². The zero-order chi connectivity index (χ0) is 11.7. The Morgan fingerprint density at radius 3 is 3.00 bits per heavy atom. The van der Waals surface area contributed by atoms with Gasteiger partial charge in [-0.3, -0.25) is 4.79 Å². The fourth-order valence-corrected chi connectivity index (χ4v) is 1.30. The first-order chi connectivity index (χ1) is 7.63. The Balaban J connectivity index is 2.76. The van der Waals surface area contributed by atoms with Crippen molar-refractivity contribution in [2.24, 2.45) is 0 Å². The Kier molecular flexibility index (Phi) is 2.53. The van der Waals surface area contributed by atoms with Crippen LogP contribution in [0, 0.1) is 0 Å². The molecule has 0 amide bonds. The number of nitrogens with zero attached hydrogens (tertiary/aromatic N) is 4. The van der Waals surface area contributed by atoms with E-state index in [2.05, 4.69) is 15.1 Å². The number of ether oxygens (including phenoxy) is 1. The molecular formula is C9H10N4O3. The van der Waals surface area contributed by atoms with Crippen LogP contribution in [-0.2, 0) is 11.3 Å². The van der Waals surface area contributed by atoms with E-state index >= 15 is 0 Å². The van der Waals surface area contributed by atoms with Gasteiger partial charge in [0, 0.05) is 13.3 Å². The Labute approximate surface area is 90.0 Å². The summed E-state index contributed by atoms with van der Waals surface area (Å²) in [6.45, 7) is 1.62. The SMILES string of the molecule is COCc1nc2nc/c(=C(/C)O)c(=O)n2n1. The second-order valence-electron chi connectivity index (χ2n) is 3.24. The van der Waals surface area contributed by atoms with Crippen molar-refractivity contribution in [1.29, 1.82) is 0 Å². The third-order valence-corrected chi connectivity index (χ3v) is 2.03. The summed E-state index contributed by atoms with van der Waals surface area (Å²) in [6.07, 6.45) is 1.28. The minimum atomic E-state index is -0.445. The van der Waals surface area contributed by atoms with Gasteiger partial charge in [0.05, 0.1) is 5.22 Å².